The largest absolute Gasteiger partial charge is 0.465 e. The van der Waals surface area contributed by atoms with Crippen LogP contribution in [0.1, 0.15) is 284 Å². The fourth-order valence-electron chi connectivity index (χ4n) is 10.8. The van der Waals surface area contributed by atoms with Crippen LogP contribution in [0.4, 0.5) is 0 Å². The van der Waals surface area contributed by atoms with Gasteiger partial charge in [-0.05, 0) is 183 Å². The monoisotopic (exact) mass is 1990 g/mol. The molecule has 30 heteroatoms. The molecule has 1 atom stereocenters. The quantitative estimate of drug-likeness (QED) is 0.0225. The molecule has 4 aromatic carbocycles. The van der Waals surface area contributed by atoms with Crippen molar-refractivity contribution in [3.8, 4) is 33.4 Å². The zero-order chi connectivity index (χ0) is 108. The summed E-state index contributed by atoms with van der Waals surface area (Å²) in [5.41, 5.74) is 7.02. The molecule has 0 spiro atoms. The lowest BCUT2D eigenvalue weighted by atomic mass is 9.92. The van der Waals surface area contributed by atoms with E-state index in [2.05, 4.69) is 18.2 Å². The van der Waals surface area contributed by atoms with Gasteiger partial charge in [0.2, 0.25) is 0 Å². The minimum Gasteiger partial charge on any atom is -0.465 e. The van der Waals surface area contributed by atoms with Crippen molar-refractivity contribution in [2.24, 2.45) is 101 Å². The predicted molar refractivity (Wildman–Crippen MR) is 543 cm³/mol. The summed E-state index contributed by atoms with van der Waals surface area (Å²) in [6.07, 6.45) is 1.24. The molecule has 0 aliphatic heterocycles. The molecule has 142 heavy (non-hydrogen) atoms. The highest BCUT2D eigenvalue weighted by Crippen LogP contribution is 2.35. The van der Waals surface area contributed by atoms with Gasteiger partial charge in [0.05, 0.1) is 171 Å². The molecule has 0 bridgehead atoms. The van der Waals surface area contributed by atoms with E-state index in [0.29, 0.717) is 49.7 Å². The first-order valence-electron chi connectivity index (χ1n) is 49.8. The second-order valence-electron chi connectivity index (χ2n) is 41.3. The van der Waals surface area contributed by atoms with Crippen molar-refractivity contribution in [2.75, 3.05) is 99.1 Å². The third-order valence-electron chi connectivity index (χ3n) is 18.1. The lowest BCUT2D eigenvalue weighted by Gasteiger charge is -2.17. The number of benzene rings is 4. The summed E-state index contributed by atoms with van der Waals surface area (Å²) >= 11 is 0. The Kier molecular flexibility index (Phi) is 66.7. The van der Waals surface area contributed by atoms with Crippen molar-refractivity contribution >= 4 is 89.5 Å². The lowest BCUT2D eigenvalue weighted by molar-refractivity contribution is -0.160. The van der Waals surface area contributed by atoms with Crippen molar-refractivity contribution in [3.63, 3.8) is 0 Å². The summed E-state index contributed by atoms with van der Waals surface area (Å²) in [5, 5.41) is 0. The Morgan fingerprint density at radius 1 is 0.211 bits per heavy atom. The van der Waals surface area contributed by atoms with E-state index < -0.39 is 77.5 Å². The van der Waals surface area contributed by atoms with Crippen LogP contribution in [-0.2, 0) is 129 Å². The van der Waals surface area contributed by atoms with Crippen LogP contribution in [0.15, 0.2) is 114 Å². The van der Waals surface area contributed by atoms with E-state index >= 15 is 0 Å². The van der Waals surface area contributed by atoms with Crippen molar-refractivity contribution < 1.29 is 143 Å². The Morgan fingerprint density at radius 2 is 0.408 bits per heavy atom. The molecule has 4 aromatic rings. The molecule has 796 valence electrons. The zero-order valence-corrected chi connectivity index (χ0v) is 90.4. The van der Waals surface area contributed by atoms with Gasteiger partial charge in [-0.15, -0.1) is 0 Å². The van der Waals surface area contributed by atoms with Crippen LogP contribution in [0, 0.1) is 101 Å². The van der Waals surface area contributed by atoms with Crippen molar-refractivity contribution in [1.29, 1.82) is 0 Å². The maximum Gasteiger partial charge on any atom is 0.338 e. The molecule has 0 aliphatic rings. The van der Waals surface area contributed by atoms with Gasteiger partial charge in [-0.25, -0.2) is 33.6 Å². The average Bonchev–Trinajstić information content (AvgIpc) is 0.793. The summed E-state index contributed by atoms with van der Waals surface area (Å²) in [4.78, 5) is 181. The molecule has 30 nitrogen and oxygen atoms in total. The van der Waals surface area contributed by atoms with E-state index in [4.69, 9.17) is 71.1 Å². The van der Waals surface area contributed by atoms with E-state index in [1.165, 1.54) is 0 Å². The van der Waals surface area contributed by atoms with Gasteiger partial charge in [-0.2, -0.15) is 0 Å². The number of hydrogen-bond donors (Lipinski definition) is 0. The number of carbonyl (C=O) groups excluding carboxylic acids is 15. The highest BCUT2D eigenvalue weighted by molar-refractivity contribution is 6.01. The SMILES string of the molecule is CC(C)COC(=O)/C=C(/CC(=O)OCC(C)C)C(=O)OCC(C)C.CC(C)COC(=O)/C=C(\CC(=O)OCC(C)C)C(=O)OCC(C)C.CC(C)COC(=O)CC(CC(=O)OCC(C)C)C(=O)OCC(C)C.CC(C)COC(=O)CCC(CC(=O)OCC(C)C)C(=O)OCC(C)C.CC(C)COC(=O)c1ccc(-c2cc(-c3ccc(C(=O)OCC(C)C)cc3)cc(-c3ccc(C(=O)OCC(C)C)cc3)c2)cc1. The van der Waals surface area contributed by atoms with Gasteiger partial charge < -0.3 is 71.1 Å². The first-order chi connectivity index (χ1) is 66.4. The van der Waals surface area contributed by atoms with E-state index in [1.807, 2.05) is 244 Å². The van der Waals surface area contributed by atoms with Crippen LogP contribution >= 0.6 is 0 Å². The van der Waals surface area contributed by atoms with Gasteiger partial charge in [0.25, 0.3) is 0 Å². The van der Waals surface area contributed by atoms with Crippen molar-refractivity contribution in [1.82, 2.24) is 0 Å². The number of rotatable bonds is 55. The number of ether oxygens (including phenoxy) is 15. The van der Waals surface area contributed by atoms with Gasteiger partial charge in [-0.3, -0.25) is 38.4 Å². The summed E-state index contributed by atoms with van der Waals surface area (Å²) in [6.45, 7) is 62.2. The maximum absolute atomic E-state index is 12.5. The molecule has 0 saturated heterocycles. The smallest absolute Gasteiger partial charge is 0.338 e. The van der Waals surface area contributed by atoms with Crippen molar-refractivity contribution in [3.05, 3.63) is 131 Å². The highest BCUT2D eigenvalue weighted by atomic mass is 16.6. The minimum absolute atomic E-state index is 0.0573. The topological polar surface area (TPSA) is 394 Å². The Balaban J connectivity index is 0.00000181. The Morgan fingerprint density at radius 3 is 0.655 bits per heavy atom. The maximum atomic E-state index is 12.5. The first-order valence-corrected chi connectivity index (χ1v) is 49.8. The molecule has 0 amide bonds. The molecule has 0 fully saturated rings. The van der Waals surface area contributed by atoms with Gasteiger partial charge in [0.1, 0.15) is 0 Å². The third kappa shape index (κ3) is 65.5. The van der Waals surface area contributed by atoms with Gasteiger partial charge >= 0.3 is 89.5 Å². The van der Waals surface area contributed by atoms with Gasteiger partial charge in [0, 0.05) is 18.6 Å². The van der Waals surface area contributed by atoms with Crippen LogP contribution in [0.3, 0.4) is 0 Å². The zero-order valence-electron chi connectivity index (χ0n) is 90.4. The fourth-order valence-corrected chi connectivity index (χ4v) is 10.8. The van der Waals surface area contributed by atoms with Gasteiger partial charge in [-0.1, -0.05) is 244 Å². The average molecular weight is 1990 g/mol. The molecule has 0 radical (unpaired) electrons. The van der Waals surface area contributed by atoms with Crippen LogP contribution in [0.25, 0.3) is 33.4 Å². The van der Waals surface area contributed by atoms with E-state index in [1.54, 1.807) is 36.4 Å². The molecule has 0 saturated carbocycles. The van der Waals surface area contributed by atoms with Crippen molar-refractivity contribution in [2.45, 2.75) is 253 Å². The molecular formula is C112H168O30. The molecular weight excluding hydrogens is 1830 g/mol. The summed E-state index contributed by atoms with van der Waals surface area (Å²) < 4.78 is 77.3. The summed E-state index contributed by atoms with van der Waals surface area (Å²) in [5.74, 6) is -6.29. The molecule has 0 aromatic heterocycles. The van der Waals surface area contributed by atoms with E-state index in [9.17, 15) is 71.9 Å². The molecule has 0 aliphatic carbocycles. The van der Waals surface area contributed by atoms with E-state index in [0.717, 1.165) is 45.5 Å². The number of hydrogen-bond acceptors (Lipinski definition) is 30. The minimum atomic E-state index is -0.872. The molecule has 0 N–H and O–H groups in total. The number of carbonyl (C=O) groups is 15. The Hall–Kier alpha value is -11.6. The Labute approximate surface area is 844 Å². The second kappa shape index (κ2) is 72.6. The lowest BCUT2D eigenvalue weighted by Crippen LogP contribution is -2.27. The summed E-state index contributed by atoms with van der Waals surface area (Å²) in [6, 6.07) is 28.4. The predicted octanol–water partition coefficient (Wildman–Crippen LogP) is 21.3. The summed E-state index contributed by atoms with van der Waals surface area (Å²) in [7, 11) is 0. The normalized spacial score (nSPS) is 11.6. The second-order valence-corrected chi connectivity index (χ2v) is 41.3. The standard InChI is InChI=1S/C39H42O6.C19H34O6.C18H32O6.2C18H30O6/c1-25(2)22-43-37(40)31-13-7-28(8-14-31)34-19-35(29-9-15-32(16-10-29)38(41)44-23-26(3)4)21-36(20-34)30-11-17-33(18-12-30)39(42)45-24-27(5)6;1-13(2)10-23-17(20)8-7-16(19(22)25-12-15(5)6)9-18(21)24-11-14(3)4;3*1-12(2)9-22-16(19)7-15(18(21)24-11-14(5)6)8-17(20)23-10-13(3)4/h7-21,25-27H,22-24H2,1-6H3;13-16H,7-12H2,1-6H3;12-15H,7-11H2,1-6H3;2*7,12-14H,8-11H2,1-6H3/b;;;15-7+;15-7-. The molecule has 4 rings (SSSR count). The molecule has 1 unspecified atom stereocenters. The highest BCUT2D eigenvalue weighted by Gasteiger charge is 2.31. The first kappa shape index (κ1) is 130. The van der Waals surface area contributed by atoms with Crippen LogP contribution in [0.5, 0.6) is 0 Å². The molecule has 0 heterocycles. The van der Waals surface area contributed by atoms with Crippen LogP contribution < -0.4 is 0 Å². The Bertz CT molecular complexity index is 4200. The van der Waals surface area contributed by atoms with Crippen LogP contribution in [-0.4, -0.2) is 189 Å². The third-order valence-corrected chi connectivity index (χ3v) is 18.1. The van der Waals surface area contributed by atoms with Crippen LogP contribution in [0.2, 0.25) is 0 Å². The van der Waals surface area contributed by atoms with E-state index in [-0.39, 0.29) is 235 Å². The number of esters is 15. The fraction of sp³-hybridized carbons (Fsp3) is 0.616. The van der Waals surface area contributed by atoms with Gasteiger partial charge in [0.15, 0.2) is 0 Å².